The van der Waals surface area contributed by atoms with E-state index in [1.54, 1.807) is 19.1 Å². The number of benzene rings is 1. The third-order valence-corrected chi connectivity index (χ3v) is 2.08. The molecule has 1 aromatic carbocycles. The van der Waals surface area contributed by atoms with Crippen LogP contribution < -0.4 is 5.73 Å². The second-order valence-corrected chi connectivity index (χ2v) is 3.14. The fourth-order valence-corrected chi connectivity index (χ4v) is 1.19. The molecule has 0 aliphatic carbocycles. The second-order valence-electron chi connectivity index (χ2n) is 3.14. The summed E-state index contributed by atoms with van der Waals surface area (Å²) in [5, 5.41) is 0. The van der Waals surface area contributed by atoms with E-state index < -0.39 is 0 Å². The molecular weight excluding hydrogens is 214 g/mol. The van der Waals surface area contributed by atoms with Crippen LogP contribution in [0.15, 0.2) is 24.3 Å². The Morgan fingerprint density at radius 2 is 1.93 bits per heavy atom. The maximum atomic E-state index is 11.4. The van der Waals surface area contributed by atoms with Gasteiger partial charge in [-0.25, -0.2) is 0 Å². The van der Waals surface area contributed by atoms with Crippen LogP contribution in [0.5, 0.6) is 0 Å². The Morgan fingerprint density at radius 3 is 2.40 bits per heavy atom. The van der Waals surface area contributed by atoms with Crippen molar-refractivity contribution >= 4 is 24.1 Å². The predicted octanol–water partition coefficient (Wildman–Crippen LogP) is 2.36. The number of carbonyl (C=O) groups is 1. The number of rotatable bonds is 3. The van der Waals surface area contributed by atoms with Gasteiger partial charge in [-0.3, -0.25) is 4.79 Å². The van der Waals surface area contributed by atoms with Gasteiger partial charge in [-0.1, -0.05) is 12.1 Å². The van der Waals surface area contributed by atoms with Crippen LogP contribution in [0.1, 0.15) is 25.3 Å². The molecule has 1 rings (SSSR count). The van der Waals surface area contributed by atoms with E-state index in [0.717, 1.165) is 5.56 Å². The first kappa shape index (κ1) is 13.8. The fourth-order valence-electron chi connectivity index (χ4n) is 1.19. The fraction of sp³-hybridized carbons (Fsp3) is 0.364. The molecule has 0 fully saturated rings. The van der Waals surface area contributed by atoms with Crippen LogP contribution in [0.25, 0.3) is 0 Å². The highest BCUT2D eigenvalue weighted by Gasteiger charge is 2.15. The molecule has 0 spiro atoms. The van der Waals surface area contributed by atoms with Gasteiger partial charge in [0.15, 0.2) is 0 Å². The Balaban J connectivity index is 0.00000196. The SMILES string of the molecule is CCOC(=O)C(C)c1ccc(N)cc1.Cl. The van der Waals surface area contributed by atoms with Crippen molar-refractivity contribution in [1.29, 1.82) is 0 Å². The Kier molecular flexibility index (Phi) is 5.79. The zero-order valence-electron chi connectivity index (χ0n) is 8.90. The Morgan fingerprint density at radius 1 is 1.40 bits per heavy atom. The molecule has 15 heavy (non-hydrogen) atoms. The van der Waals surface area contributed by atoms with Gasteiger partial charge < -0.3 is 10.5 Å². The number of carbonyl (C=O) groups excluding carboxylic acids is 1. The molecule has 0 saturated heterocycles. The largest absolute Gasteiger partial charge is 0.466 e. The van der Waals surface area contributed by atoms with Crippen LogP contribution >= 0.6 is 12.4 Å². The molecule has 0 bridgehead atoms. The molecule has 0 radical (unpaired) electrons. The van der Waals surface area contributed by atoms with Crippen LogP contribution in [0.4, 0.5) is 5.69 Å². The minimum absolute atomic E-state index is 0. The van der Waals surface area contributed by atoms with Gasteiger partial charge in [0.25, 0.3) is 0 Å². The molecule has 0 heterocycles. The van der Waals surface area contributed by atoms with Gasteiger partial charge in [0, 0.05) is 5.69 Å². The number of hydrogen-bond donors (Lipinski definition) is 1. The van der Waals surface area contributed by atoms with E-state index >= 15 is 0 Å². The summed E-state index contributed by atoms with van der Waals surface area (Å²) in [6.07, 6.45) is 0. The zero-order valence-corrected chi connectivity index (χ0v) is 9.71. The number of ether oxygens (including phenoxy) is 1. The van der Waals surface area contributed by atoms with Crippen LogP contribution in [-0.4, -0.2) is 12.6 Å². The summed E-state index contributed by atoms with van der Waals surface area (Å²) in [5.74, 6) is -0.423. The Labute approximate surface area is 96.0 Å². The van der Waals surface area contributed by atoms with Gasteiger partial charge in [0.05, 0.1) is 12.5 Å². The van der Waals surface area contributed by atoms with E-state index in [1.165, 1.54) is 0 Å². The minimum Gasteiger partial charge on any atom is -0.466 e. The third kappa shape index (κ3) is 3.80. The molecule has 84 valence electrons. The number of hydrogen-bond acceptors (Lipinski definition) is 3. The van der Waals surface area contributed by atoms with Gasteiger partial charge in [0.1, 0.15) is 0 Å². The van der Waals surface area contributed by atoms with Crippen LogP contribution in [0.3, 0.4) is 0 Å². The van der Waals surface area contributed by atoms with E-state index in [0.29, 0.717) is 12.3 Å². The monoisotopic (exact) mass is 229 g/mol. The smallest absolute Gasteiger partial charge is 0.313 e. The first-order valence-electron chi connectivity index (χ1n) is 4.67. The molecule has 0 aliphatic rings. The molecule has 0 aromatic heterocycles. The molecule has 4 heteroatoms. The minimum atomic E-state index is -0.226. The number of halogens is 1. The maximum absolute atomic E-state index is 11.4. The lowest BCUT2D eigenvalue weighted by Crippen LogP contribution is -2.12. The molecule has 1 aromatic rings. The highest BCUT2D eigenvalue weighted by atomic mass is 35.5. The Bertz CT molecular complexity index is 311. The number of nitrogen functional groups attached to an aromatic ring is 1. The normalized spacial score (nSPS) is 11.3. The highest BCUT2D eigenvalue weighted by Crippen LogP contribution is 2.17. The zero-order chi connectivity index (χ0) is 10.6. The highest BCUT2D eigenvalue weighted by molar-refractivity contribution is 5.85. The third-order valence-electron chi connectivity index (χ3n) is 2.08. The van der Waals surface area contributed by atoms with Crippen molar-refractivity contribution in [2.75, 3.05) is 12.3 Å². The van der Waals surface area contributed by atoms with Gasteiger partial charge in [0.2, 0.25) is 0 Å². The van der Waals surface area contributed by atoms with Gasteiger partial charge in [-0.15, -0.1) is 12.4 Å². The van der Waals surface area contributed by atoms with Crippen molar-refractivity contribution in [3.63, 3.8) is 0 Å². The number of anilines is 1. The molecular formula is C11H16ClNO2. The van der Waals surface area contributed by atoms with E-state index in [-0.39, 0.29) is 24.3 Å². The molecule has 2 N–H and O–H groups in total. The first-order valence-corrected chi connectivity index (χ1v) is 4.67. The summed E-state index contributed by atoms with van der Waals surface area (Å²) in [4.78, 5) is 11.4. The second kappa shape index (κ2) is 6.30. The topological polar surface area (TPSA) is 52.3 Å². The summed E-state index contributed by atoms with van der Waals surface area (Å²) < 4.78 is 4.92. The van der Waals surface area contributed by atoms with Gasteiger partial charge in [-0.2, -0.15) is 0 Å². The van der Waals surface area contributed by atoms with Crippen molar-refractivity contribution in [3.8, 4) is 0 Å². The molecule has 0 aliphatic heterocycles. The quantitative estimate of drug-likeness (QED) is 0.640. The van der Waals surface area contributed by atoms with Crippen molar-refractivity contribution in [2.24, 2.45) is 0 Å². The average Bonchev–Trinajstić information content (AvgIpc) is 2.18. The van der Waals surface area contributed by atoms with Crippen molar-refractivity contribution < 1.29 is 9.53 Å². The van der Waals surface area contributed by atoms with Crippen molar-refractivity contribution in [3.05, 3.63) is 29.8 Å². The first-order chi connectivity index (χ1) is 6.65. The van der Waals surface area contributed by atoms with Crippen molar-refractivity contribution in [2.45, 2.75) is 19.8 Å². The van der Waals surface area contributed by atoms with Crippen LogP contribution in [0.2, 0.25) is 0 Å². The predicted molar refractivity (Wildman–Crippen MR) is 63.2 cm³/mol. The van der Waals surface area contributed by atoms with E-state index in [9.17, 15) is 4.79 Å². The molecule has 1 unspecified atom stereocenters. The van der Waals surface area contributed by atoms with E-state index in [4.69, 9.17) is 10.5 Å². The number of nitrogens with two attached hydrogens (primary N) is 1. The lowest BCUT2D eigenvalue weighted by atomic mass is 10.0. The summed E-state index contributed by atoms with van der Waals surface area (Å²) in [6.45, 7) is 4.04. The van der Waals surface area contributed by atoms with E-state index in [2.05, 4.69) is 0 Å². The Hall–Kier alpha value is -1.22. The average molecular weight is 230 g/mol. The van der Waals surface area contributed by atoms with Gasteiger partial charge in [-0.05, 0) is 31.5 Å². The summed E-state index contributed by atoms with van der Waals surface area (Å²) in [7, 11) is 0. The summed E-state index contributed by atoms with van der Waals surface area (Å²) in [5.41, 5.74) is 7.17. The van der Waals surface area contributed by atoms with Gasteiger partial charge >= 0.3 is 5.97 Å². The lowest BCUT2D eigenvalue weighted by Gasteiger charge is -2.10. The standard InChI is InChI=1S/C11H15NO2.ClH/c1-3-14-11(13)8(2)9-4-6-10(12)7-5-9;/h4-8H,3,12H2,1-2H3;1H. The van der Waals surface area contributed by atoms with Crippen LogP contribution in [-0.2, 0) is 9.53 Å². The molecule has 1 atom stereocenters. The maximum Gasteiger partial charge on any atom is 0.313 e. The number of esters is 1. The van der Waals surface area contributed by atoms with E-state index in [1.807, 2.05) is 19.1 Å². The summed E-state index contributed by atoms with van der Waals surface area (Å²) >= 11 is 0. The van der Waals surface area contributed by atoms with Crippen LogP contribution in [0, 0.1) is 0 Å². The summed E-state index contributed by atoms with van der Waals surface area (Å²) in [6, 6.07) is 7.25. The molecule has 0 saturated carbocycles. The molecule has 3 nitrogen and oxygen atoms in total. The molecule has 0 amide bonds. The van der Waals surface area contributed by atoms with Crippen molar-refractivity contribution in [1.82, 2.24) is 0 Å². The lowest BCUT2D eigenvalue weighted by molar-refractivity contribution is -0.144.